The fraction of sp³-hybridized carbons (Fsp3) is 0.667. The molecule has 0 N–H and O–H groups in total. The van der Waals surface area contributed by atoms with Gasteiger partial charge in [-0.05, 0) is 83.5 Å². The van der Waals surface area contributed by atoms with E-state index in [0.29, 0.717) is 12.8 Å². The number of unbranched alkanes of at least 4 members (excludes halogenated alkanes) is 22. The van der Waals surface area contributed by atoms with Crippen LogP contribution in [0.25, 0.3) is 0 Å². The Labute approximate surface area is 425 Å². The van der Waals surface area contributed by atoms with Gasteiger partial charge in [0, 0.05) is 12.8 Å². The topological polar surface area (TPSA) is 78.9 Å². The SMILES string of the molecule is CC/C=C\C/C=C\C/C=C\C/C=C\C/C=C\CC(=O)OCC(COC(=O)CCCCCCCC/C=C\C/C=C\C/C=C\C/C=C\CC)OC(=O)CCCCCCCCCCCCCCCCCCC. The van der Waals surface area contributed by atoms with E-state index >= 15 is 0 Å². The van der Waals surface area contributed by atoms with E-state index in [1.807, 2.05) is 6.08 Å². The Balaban J connectivity index is 4.50. The van der Waals surface area contributed by atoms with Gasteiger partial charge in [0.2, 0.25) is 0 Å². The first-order valence-corrected chi connectivity index (χ1v) is 28.4. The van der Waals surface area contributed by atoms with Gasteiger partial charge in [-0.15, -0.1) is 0 Å². The van der Waals surface area contributed by atoms with Crippen molar-refractivity contribution >= 4 is 17.9 Å². The first-order chi connectivity index (χ1) is 34.0. The van der Waals surface area contributed by atoms with Crippen LogP contribution in [0.4, 0.5) is 0 Å². The minimum absolute atomic E-state index is 0.115. The molecule has 6 nitrogen and oxygen atoms in total. The molecule has 0 aromatic heterocycles. The summed E-state index contributed by atoms with van der Waals surface area (Å²) in [5.41, 5.74) is 0. The maximum Gasteiger partial charge on any atom is 0.309 e. The lowest BCUT2D eigenvalue weighted by Crippen LogP contribution is -2.30. The fourth-order valence-electron chi connectivity index (χ4n) is 7.62. The van der Waals surface area contributed by atoms with Crippen LogP contribution < -0.4 is 0 Å². The Morgan fingerprint density at radius 1 is 0.319 bits per heavy atom. The van der Waals surface area contributed by atoms with Crippen molar-refractivity contribution < 1.29 is 28.6 Å². The molecule has 1 unspecified atom stereocenters. The van der Waals surface area contributed by atoms with Crippen LogP contribution in [-0.4, -0.2) is 37.2 Å². The molecule has 0 amide bonds. The molecule has 0 spiro atoms. The molecule has 0 saturated carbocycles. The predicted molar refractivity (Wildman–Crippen MR) is 297 cm³/mol. The summed E-state index contributed by atoms with van der Waals surface area (Å²) < 4.78 is 16.7. The van der Waals surface area contributed by atoms with Gasteiger partial charge in [0.25, 0.3) is 0 Å². The Hall–Kier alpha value is -3.93. The summed E-state index contributed by atoms with van der Waals surface area (Å²) in [5, 5.41) is 0. The summed E-state index contributed by atoms with van der Waals surface area (Å²) in [6.07, 6.45) is 76.7. The van der Waals surface area contributed by atoms with Crippen molar-refractivity contribution in [2.45, 2.75) is 258 Å². The van der Waals surface area contributed by atoms with Crippen LogP contribution in [0, 0.1) is 0 Å². The fourth-order valence-corrected chi connectivity index (χ4v) is 7.62. The summed E-state index contributed by atoms with van der Waals surface area (Å²) in [6.45, 7) is 6.32. The van der Waals surface area contributed by atoms with E-state index in [-0.39, 0.29) is 31.6 Å². The van der Waals surface area contributed by atoms with E-state index in [1.54, 1.807) is 6.08 Å². The summed E-state index contributed by atoms with van der Waals surface area (Å²) in [7, 11) is 0. The lowest BCUT2D eigenvalue weighted by molar-refractivity contribution is -0.166. The van der Waals surface area contributed by atoms with Crippen LogP contribution in [0.5, 0.6) is 0 Å². The lowest BCUT2D eigenvalue weighted by atomic mass is 10.0. The van der Waals surface area contributed by atoms with Gasteiger partial charge in [-0.1, -0.05) is 259 Å². The molecule has 0 radical (unpaired) electrons. The zero-order valence-corrected chi connectivity index (χ0v) is 44.8. The van der Waals surface area contributed by atoms with Crippen LogP contribution in [0.1, 0.15) is 252 Å². The second-order valence-corrected chi connectivity index (χ2v) is 18.5. The van der Waals surface area contributed by atoms with Crippen molar-refractivity contribution in [1.82, 2.24) is 0 Å². The van der Waals surface area contributed by atoms with E-state index in [4.69, 9.17) is 14.2 Å². The van der Waals surface area contributed by atoms with Crippen molar-refractivity contribution in [1.29, 1.82) is 0 Å². The Morgan fingerprint density at radius 2 is 0.623 bits per heavy atom. The average Bonchev–Trinajstić information content (AvgIpc) is 3.35. The quantitative estimate of drug-likeness (QED) is 0.0262. The molecule has 0 bridgehead atoms. The first-order valence-electron chi connectivity index (χ1n) is 28.4. The molecule has 0 aliphatic rings. The van der Waals surface area contributed by atoms with Gasteiger partial charge in [0.05, 0.1) is 6.42 Å². The lowest BCUT2D eigenvalue weighted by Gasteiger charge is -2.18. The van der Waals surface area contributed by atoms with Gasteiger partial charge in [0.15, 0.2) is 6.10 Å². The molecule has 0 rings (SSSR count). The van der Waals surface area contributed by atoms with Gasteiger partial charge in [-0.25, -0.2) is 0 Å². The van der Waals surface area contributed by atoms with Crippen molar-refractivity contribution in [3.8, 4) is 0 Å². The molecule has 1 atom stereocenters. The first kappa shape index (κ1) is 65.1. The van der Waals surface area contributed by atoms with Crippen LogP contribution in [0.15, 0.2) is 109 Å². The Morgan fingerprint density at radius 3 is 1.01 bits per heavy atom. The largest absolute Gasteiger partial charge is 0.462 e. The van der Waals surface area contributed by atoms with Crippen LogP contribution in [-0.2, 0) is 28.6 Å². The van der Waals surface area contributed by atoms with Gasteiger partial charge in [0.1, 0.15) is 13.2 Å². The van der Waals surface area contributed by atoms with E-state index in [1.165, 1.54) is 103 Å². The standard InChI is InChI=1S/C63H104O6/c1-4-7-10-13-16-19-22-25-28-30-31-33-35-38-41-44-47-50-53-56-62(65)68-59-60(58-67-61(64)55-52-49-46-43-40-37-34-27-24-21-18-15-12-9-6-3)69-63(66)57-54-51-48-45-42-39-36-32-29-26-23-20-17-14-11-8-5-2/h7,9-10,12,16,18-19,21,25,27-28,31,33-34,40,43,49,52,60H,4-6,8,11,13-15,17,20,22-24,26,29-30,32,35-39,41-42,44-48,50-51,53-59H2,1-3H3/b10-7-,12-9-,19-16-,21-18-,28-25-,33-31-,34-27-,43-40-,52-49-. The molecule has 0 fully saturated rings. The molecule has 392 valence electrons. The summed E-state index contributed by atoms with van der Waals surface area (Å²) in [5.74, 6) is -1.06. The van der Waals surface area contributed by atoms with E-state index in [2.05, 4.69) is 118 Å². The highest BCUT2D eigenvalue weighted by Gasteiger charge is 2.19. The third-order valence-corrected chi connectivity index (χ3v) is 11.8. The number of esters is 3. The number of hydrogen-bond acceptors (Lipinski definition) is 6. The second-order valence-electron chi connectivity index (χ2n) is 18.5. The van der Waals surface area contributed by atoms with E-state index in [0.717, 1.165) is 109 Å². The number of hydrogen-bond donors (Lipinski definition) is 0. The number of carbonyl (C=O) groups excluding carboxylic acids is 3. The summed E-state index contributed by atoms with van der Waals surface area (Å²) in [4.78, 5) is 38.1. The number of rotatable bonds is 50. The van der Waals surface area contributed by atoms with Gasteiger partial charge in [-0.3, -0.25) is 14.4 Å². The van der Waals surface area contributed by atoms with Crippen molar-refractivity contribution in [2.75, 3.05) is 13.2 Å². The monoisotopic (exact) mass is 957 g/mol. The highest BCUT2D eigenvalue weighted by atomic mass is 16.6. The van der Waals surface area contributed by atoms with Crippen molar-refractivity contribution in [3.63, 3.8) is 0 Å². The zero-order valence-electron chi connectivity index (χ0n) is 44.8. The predicted octanol–water partition coefficient (Wildman–Crippen LogP) is 19.1. The highest BCUT2D eigenvalue weighted by Crippen LogP contribution is 2.15. The number of ether oxygens (including phenoxy) is 3. The molecule has 6 heteroatoms. The smallest absolute Gasteiger partial charge is 0.309 e. The normalized spacial score (nSPS) is 12.9. The van der Waals surface area contributed by atoms with E-state index < -0.39 is 12.1 Å². The number of allylic oxidation sites excluding steroid dienone is 17. The van der Waals surface area contributed by atoms with Crippen LogP contribution >= 0.6 is 0 Å². The second kappa shape index (κ2) is 56.7. The number of carbonyl (C=O) groups is 3. The van der Waals surface area contributed by atoms with Crippen LogP contribution in [0.3, 0.4) is 0 Å². The van der Waals surface area contributed by atoms with Gasteiger partial charge < -0.3 is 14.2 Å². The average molecular weight is 958 g/mol. The Bertz CT molecular complexity index is 1420. The molecular weight excluding hydrogens is 853 g/mol. The maximum absolute atomic E-state index is 12.9. The van der Waals surface area contributed by atoms with Crippen molar-refractivity contribution in [3.05, 3.63) is 109 Å². The summed E-state index contributed by atoms with van der Waals surface area (Å²) in [6, 6.07) is 0. The third kappa shape index (κ3) is 54.9. The van der Waals surface area contributed by atoms with Gasteiger partial charge >= 0.3 is 17.9 Å². The van der Waals surface area contributed by atoms with Gasteiger partial charge in [-0.2, -0.15) is 0 Å². The molecule has 0 saturated heterocycles. The molecule has 0 aromatic carbocycles. The molecule has 0 aliphatic carbocycles. The summed E-state index contributed by atoms with van der Waals surface area (Å²) >= 11 is 0. The molecule has 0 aromatic rings. The maximum atomic E-state index is 12.9. The molecule has 0 heterocycles. The zero-order chi connectivity index (χ0) is 50.0. The third-order valence-electron chi connectivity index (χ3n) is 11.8. The van der Waals surface area contributed by atoms with E-state index in [9.17, 15) is 14.4 Å². The molecule has 69 heavy (non-hydrogen) atoms. The van der Waals surface area contributed by atoms with Crippen molar-refractivity contribution in [2.24, 2.45) is 0 Å². The molecule has 0 aliphatic heterocycles. The minimum Gasteiger partial charge on any atom is -0.462 e. The minimum atomic E-state index is -0.824. The highest BCUT2D eigenvalue weighted by molar-refractivity contribution is 5.72. The molecular formula is C63H104O6. The Kier molecular flexibility index (Phi) is 53.4. The van der Waals surface area contributed by atoms with Crippen LogP contribution in [0.2, 0.25) is 0 Å².